The fourth-order valence-electron chi connectivity index (χ4n) is 3.53. The summed E-state index contributed by atoms with van der Waals surface area (Å²) in [5.74, 6) is -0.926. The minimum atomic E-state index is -0.393. The van der Waals surface area contributed by atoms with Gasteiger partial charge in [0.05, 0.1) is 22.3 Å². The summed E-state index contributed by atoms with van der Waals surface area (Å²) in [5.41, 5.74) is 4.09. The second-order valence-electron chi connectivity index (χ2n) is 7.02. The van der Waals surface area contributed by atoms with Gasteiger partial charge < -0.3 is 15.2 Å². The molecule has 148 valence electrons. The van der Waals surface area contributed by atoms with Crippen LogP contribution in [0.5, 0.6) is 0 Å². The van der Waals surface area contributed by atoms with E-state index in [-0.39, 0.29) is 17.4 Å². The van der Waals surface area contributed by atoms with Crippen molar-refractivity contribution in [2.45, 2.75) is 13.5 Å². The van der Waals surface area contributed by atoms with Gasteiger partial charge in [-0.25, -0.2) is 9.37 Å². The first-order valence-electron chi connectivity index (χ1n) is 9.25. The number of amides is 2. The van der Waals surface area contributed by atoms with Crippen molar-refractivity contribution in [3.8, 4) is 11.3 Å². The van der Waals surface area contributed by atoms with Gasteiger partial charge in [-0.15, -0.1) is 0 Å². The predicted molar refractivity (Wildman–Crippen MR) is 108 cm³/mol. The van der Waals surface area contributed by atoms with Gasteiger partial charge in [0.25, 0.3) is 17.5 Å². The van der Waals surface area contributed by atoms with Crippen molar-refractivity contribution < 1.29 is 18.5 Å². The first kappa shape index (κ1) is 18.0. The van der Waals surface area contributed by atoms with Crippen molar-refractivity contribution in [1.82, 2.24) is 15.5 Å². The molecule has 0 saturated heterocycles. The third-order valence-electron chi connectivity index (χ3n) is 5.05. The molecule has 1 aliphatic rings. The number of halogens is 1. The fourth-order valence-corrected chi connectivity index (χ4v) is 3.53. The Labute approximate surface area is 169 Å². The molecule has 2 amide bonds. The highest BCUT2D eigenvalue weighted by Gasteiger charge is 2.22. The van der Waals surface area contributed by atoms with E-state index in [1.165, 1.54) is 12.1 Å². The zero-order chi connectivity index (χ0) is 20.8. The number of aryl methyl sites for hydroxylation is 1. The summed E-state index contributed by atoms with van der Waals surface area (Å²) < 4.78 is 18.6. The molecule has 0 fully saturated rings. The summed E-state index contributed by atoms with van der Waals surface area (Å²) in [5, 5.41) is 10.00. The van der Waals surface area contributed by atoms with E-state index in [1.54, 1.807) is 43.3 Å². The van der Waals surface area contributed by atoms with E-state index in [0.29, 0.717) is 45.7 Å². The zero-order valence-electron chi connectivity index (χ0n) is 15.8. The second kappa shape index (κ2) is 6.77. The van der Waals surface area contributed by atoms with Gasteiger partial charge in [0.2, 0.25) is 0 Å². The molecule has 4 aromatic rings. The smallest absolute Gasteiger partial charge is 0.259 e. The molecule has 0 bridgehead atoms. The lowest BCUT2D eigenvalue weighted by atomic mass is 10.0. The normalized spacial score (nSPS) is 12.7. The van der Waals surface area contributed by atoms with Crippen molar-refractivity contribution >= 4 is 28.6 Å². The summed E-state index contributed by atoms with van der Waals surface area (Å²) in [6.45, 7) is 2.20. The number of nitrogens with zero attached hydrogens (tertiary/aromatic N) is 2. The van der Waals surface area contributed by atoms with Gasteiger partial charge in [-0.3, -0.25) is 9.59 Å². The summed E-state index contributed by atoms with van der Waals surface area (Å²) in [4.78, 5) is 29.5. The number of carbonyl (C=O) groups is 2. The van der Waals surface area contributed by atoms with Gasteiger partial charge in [-0.2, -0.15) is 0 Å². The Kier molecular flexibility index (Phi) is 4.06. The molecule has 0 aliphatic carbocycles. The SMILES string of the molecule is Cc1noc2nc(-c3ccc(F)cc3)cc(C(=O)Nc3ccc4c(c3)C(=O)NC4)c12. The lowest BCUT2D eigenvalue weighted by molar-refractivity contribution is 0.0964. The first-order valence-corrected chi connectivity index (χ1v) is 9.25. The van der Waals surface area contributed by atoms with Crippen LogP contribution in [0.25, 0.3) is 22.4 Å². The molecule has 3 heterocycles. The maximum atomic E-state index is 13.3. The Morgan fingerprint density at radius 1 is 1.17 bits per heavy atom. The molecule has 0 saturated carbocycles. The summed E-state index contributed by atoms with van der Waals surface area (Å²) in [6, 6.07) is 12.6. The zero-order valence-corrected chi connectivity index (χ0v) is 15.8. The van der Waals surface area contributed by atoms with Crippen LogP contribution in [-0.2, 0) is 6.54 Å². The van der Waals surface area contributed by atoms with Gasteiger partial charge >= 0.3 is 0 Å². The van der Waals surface area contributed by atoms with E-state index < -0.39 is 5.91 Å². The predicted octanol–water partition coefficient (Wildman–Crippen LogP) is 3.83. The van der Waals surface area contributed by atoms with Crippen LogP contribution in [0.3, 0.4) is 0 Å². The highest BCUT2D eigenvalue weighted by atomic mass is 19.1. The number of nitrogens with one attached hydrogen (secondary N) is 2. The number of carbonyl (C=O) groups excluding carboxylic acids is 2. The van der Waals surface area contributed by atoms with Gasteiger partial charge in [-0.1, -0.05) is 11.2 Å². The second-order valence-corrected chi connectivity index (χ2v) is 7.02. The largest absolute Gasteiger partial charge is 0.348 e. The average molecular weight is 402 g/mol. The topological polar surface area (TPSA) is 97.1 Å². The molecule has 0 unspecified atom stereocenters. The van der Waals surface area contributed by atoms with Crippen molar-refractivity contribution in [1.29, 1.82) is 0 Å². The number of hydrogen-bond acceptors (Lipinski definition) is 5. The Morgan fingerprint density at radius 3 is 2.77 bits per heavy atom. The van der Waals surface area contributed by atoms with E-state index in [9.17, 15) is 14.0 Å². The van der Waals surface area contributed by atoms with Crippen LogP contribution in [0.4, 0.5) is 10.1 Å². The fraction of sp³-hybridized carbons (Fsp3) is 0.0909. The lowest BCUT2D eigenvalue weighted by Crippen LogP contribution is -2.14. The van der Waals surface area contributed by atoms with Crippen LogP contribution in [0, 0.1) is 12.7 Å². The van der Waals surface area contributed by atoms with Crippen molar-refractivity contribution in [2.24, 2.45) is 0 Å². The van der Waals surface area contributed by atoms with E-state index in [4.69, 9.17) is 4.52 Å². The Bertz CT molecular complexity index is 1330. The van der Waals surface area contributed by atoms with Crippen molar-refractivity contribution in [3.63, 3.8) is 0 Å². The van der Waals surface area contributed by atoms with Crippen LogP contribution in [0.1, 0.15) is 32.0 Å². The summed E-state index contributed by atoms with van der Waals surface area (Å²) >= 11 is 0. The molecular formula is C22H15FN4O3. The molecule has 2 aromatic carbocycles. The van der Waals surface area contributed by atoms with Gasteiger partial charge in [0, 0.05) is 23.4 Å². The van der Waals surface area contributed by atoms with E-state index >= 15 is 0 Å². The third-order valence-corrected chi connectivity index (χ3v) is 5.05. The minimum absolute atomic E-state index is 0.166. The quantitative estimate of drug-likeness (QED) is 0.543. The first-order chi connectivity index (χ1) is 14.5. The van der Waals surface area contributed by atoms with Crippen LogP contribution in [0.2, 0.25) is 0 Å². The number of aromatic nitrogens is 2. The highest BCUT2D eigenvalue weighted by Crippen LogP contribution is 2.28. The van der Waals surface area contributed by atoms with Crippen LogP contribution in [0.15, 0.2) is 53.1 Å². The summed E-state index contributed by atoms with van der Waals surface area (Å²) in [6.07, 6.45) is 0. The van der Waals surface area contributed by atoms with Crippen LogP contribution in [-0.4, -0.2) is 22.0 Å². The number of anilines is 1. The highest BCUT2D eigenvalue weighted by molar-refractivity contribution is 6.13. The lowest BCUT2D eigenvalue weighted by Gasteiger charge is -2.09. The van der Waals surface area contributed by atoms with Gasteiger partial charge in [-0.05, 0) is 55.0 Å². The summed E-state index contributed by atoms with van der Waals surface area (Å²) in [7, 11) is 0. The molecule has 7 nitrogen and oxygen atoms in total. The molecule has 0 spiro atoms. The van der Waals surface area contributed by atoms with E-state index in [2.05, 4.69) is 20.8 Å². The Morgan fingerprint density at radius 2 is 1.97 bits per heavy atom. The molecule has 0 radical (unpaired) electrons. The molecule has 8 heteroatoms. The monoisotopic (exact) mass is 402 g/mol. The third kappa shape index (κ3) is 2.98. The van der Waals surface area contributed by atoms with E-state index in [0.717, 1.165) is 5.56 Å². The number of fused-ring (bicyclic) bond motifs is 2. The molecule has 2 aromatic heterocycles. The minimum Gasteiger partial charge on any atom is -0.348 e. The van der Waals surface area contributed by atoms with Crippen molar-refractivity contribution in [3.05, 3.63) is 76.7 Å². The molecule has 5 rings (SSSR count). The molecule has 2 N–H and O–H groups in total. The standard InChI is InChI=1S/C22H15FN4O3/c1-11-19-17(21(29)25-15-7-4-13-10-24-20(28)16(13)8-15)9-18(26-22(19)30-27-11)12-2-5-14(23)6-3-12/h2-9H,10H2,1H3,(H,24,28)(H,25,29). The maximum Gasteiger partial charge on any atom is 0.259 e. The molecule has 30 heavy (non-hydrogen) atoms. The van der Waals surface area contributed by atoms with Crippen molar-refractivity contribution in [2.75, 3.05) is 5.32 Å². The Hall–Kier alpha value is -4.07. The number of pyridine rings is 1. The van der Waals surface area contributed by atoms with Gasteiger partial charge in [0.1, 0.15) is 5.82 Å². The molecular weight excluding hydrogens is 387 g/mol. The van der Waals surface area contributed by atoms with E-state index in [1.807, 2.05) is 0 Å². The number of rotatable bonds is 3. The van der Waals surface area contributed by atoms with Crippen LogP contribution >= 0.6 is 0 Å². The number of benzene rings is 2. The average Bonchev–Trinajstić information content (AvgIpc) is 3.31. The maximum absolute atomic E-state index is 13.3. The number of hydrogen-bond donors (Lipinski definition) is 2. The van der Waals surface area contributed by atoms with Crippen LogP contribution < -0.4 is 10.6 Å². The Balaban J connectivity index is 1.56. The molecule has 0 atom stereocenters. The van der Waals surface area contributed by atoms with Gasteiger partial charge in [0.15, 0.2) is 0 Å². The molecule has 1 aliphatic heterocycles.